The van der Waals surface area contributed by atoms with Gasteiger partial charge in [0.2, 0.25) is 5.95 Å². The first kappa shape index (κ1) is 34.6. The van der Waals surface area contributed by atoms with Crippen LogP contribution in [0.2, 0.25) is 0 Å². The summed E-state index contributed by atoms with van der Waals surface area (Å²) in [4.78, 5) is 33.1. The number of carbonyl (C=O) groups is 2. The topological polar surface area (TPSA) is 167 Å². The molecule has 12 nitrogen and oxygen atoms in total. The lowest BCUT2D eigenvalue weighted by molar-refractivity contribution is -0.137. The van der Waals surface area contributed by atoms with E-state index in [1.54, 1.807) is 38.1 Å². The number of urea groups is 1. The normalized spacial score (nSPS) is 12.6. The highest BCUT2D eigenvalue weighted by Gasteiger charge is 2.31. The number of nitrogens with zero attached hydrogens (tertiary/aromatic N) is 3. The standard InChI is InChI=1S/C30H29F4N7O5S/c1-3-46-29(44)41-47(45)22-11-9-20(10-12-22)37-27-35-15-23(26(40-27)36-17(2)16-42)18-4-7-21(8-5-18)38-28(43)39-25-14-19(30(32,33)34)6-13-24(25)31/h4-15,17,42,47H,3,16H2,1-2H3,(H2,38,39,43)(H2,35,36,37,40). The number of carbonyl (C=O) groups excluding carboxylic acids is 2. The van der Waals surface area contributed by atoms with Crippen molar-refractivity contribution in [1.29, 1.82) is 0 Å². The van der Waals surface area contributed by atoms with Crippen molar-refractivity contribution < 1.29 is 41.2 Å². The van der Waals surface area contributed by atoms with Gasteiger partial charge in [-0.25, -0.2) is 23.2 Å². The van der Waals surface area contributed by atoms with Crippen LogP contribution in [0.1, 0.15) is 19.4 Å². The van der Waals surface area contributed by atoms with Gasteiger partial charge in [-0.05, 0) is 74.0 Å². The van der Waals surface area contributed by atoms with E-state index in [1.165, 1.54) is 30.5 Å². The summed E-state index contributed by atoms with van der Waals surface area (Å²) in [6, 6.07) is 12.9. The van der Waals surface area contributed by atoms with Crippen molar-refractivity contribution >= 4 is 51.5 Å². The molecular weight excluding hydrogens is 646 g/mol. The van der Waals surface area contributed by atoms with Crippen LogP contribution in [0, 0.1) is 5.82 Å². The van der Waals surface area contributed by atoms with E-state index in [1.807, 2.05) is 0 Å². The maximum Gasteiger partial charge on any atom is 0.441 e. The Morgan fingerprint density at radius 3 is 2.34 bits per heavy atom. The summed E-state index contributed by atoms with van der Waals surface area (Å²) >= 11 is 0. The Morgan fingerprint density at radius 1 is 1.02 bits per heavy atom. The van der Waals surface area contributed by atoms with E-state index in [2.05, 4.69) is 40.3 Å². The molecule has 3 aromatic carbocycles. The van der Waals surface area contributed by atoms with Gasteiger partial charge >= 0.3 is 18.3 Å². The fourth-order valence-corrected chi connectivity index (χ4v) is 4.67. The largest absolute Gasteiger partial charge is 0.448 e. The summed E-state index contributed by atoms with van der Waals surface area (Å²) in [5, 5.41) is 20.2. The molecule has 0 spiro atoms. The molecule has 0 bridgehead atoms. The fourth-order valence-electron chi connectivity index (χ4n) is 3.94. The molecule has 3 amide bonds. The summed E-state index contributed by atoms with van der Waals surface area (Å²) in [6.07, 6.45) is -4.10. The average Bonchev–Trinajstić information content (AvgIpc) is 3.02. The lowest BCUT2D eigenvalue weighted by Crippen LogP contribution is -2.21. The minimum absolute atomic E-state index is 0.112. The Bertz CT molecular complexity index is 1820. The van der Waals surface area contributed by atoms with Gasteiger partial charge in [-0.2, -0.15) is 18.2 Å². The van der Waals surface area contributed by atoms with Crippen LogP contribution in [-0.4, -0.2) is 50.7 Å². The van der Waals surface area contributed by atoms with Crippen molar-refractivity contribution in [2.45, 2.75) is 31.0 Å². The smallest absolute Gasteiger partial charge is 0.441 e. The highest BCUT2D eigenvalue weighted by molar-refractivity contribution is 7.75. The minimum Gasteiger partial charge on any atom is -0.448 e. The first-order chi connectivity index (χ1) is 22.4. The van der Waals surface area contributed by atoms with E-state index >= 15 is 0 Å². The lowest BCUT2D eigenvalue weighted by atomic mass is 10.1. The number of rotatable bonds is 10. The number of aromatic nitrogens is 2. The summed E-state index contributed by atoms with van der Waals surface area (Å²) in [5.74, 6) is -0.489. The van der Waals surface area contributed by atoms with Gasteiger partial charge in [0, 0.05) is 34.1 Å². The molecule has 0 aliphatic heterocycles. The van der Waals surface area contributed by atoms with Gasteiger partial charge < -0.3 is 31.1 Å². The molecule has 1 heterocycles. The molecular formula is C30H29F4N7O5S. The molecule has 0 saturated carbocycles. The number of halogens is 4. The summed E-state index contributed by atoms with van der Waals surface area (Å²) < 4.78 is 73.4. The molecule has 0 fully saturated rings. The van der Waals surface area contributed by atoms with Crippen LogP contribution in [0.25, 0.3) is 11.1 Å². The fraction of sp³-hybridized carbons (Fsp3) is 0.200. The number of hydrogen-bond acceptors (Lipinski definition) is 9. The number of aliphatic hydroxyl groups is 1. The maximum absolute atomic E-state index is 14.0. The van der Waals surface area contributed by atoms with Gasteiger partial charge in [0.1, 0.15) is 11.6 Å². The molecule has 5 N–H and O–H groups in total. The van der Waals surface area contributed by atoms with Gasteiger partial charge in [-0.1, -0.05) is 12.1 Å². The number of alkyl halides is 3. The number of amides is 3. The zero-order chi connectivity index (χ0) is 34.1. The van der Waals surface area contributed by atoms with E-state index in [9.17, 15) is 36.5 Å². The third-order valence-corrected chi connectivity index (χ3v) is 7.31. The number of thiol groups is 1. The molecule has 4 rings (SSSR count). The average molecular weight is 676 g/mol. The van der Waals surface area contributed by atoms with Gasteiger partial charge in [-0.15, -0.1) is 4.36 Å². The molecule has 2 atom stereocenters. The second-order valence-electron chi connectivity index (χ2n) is 9.78. The highest BCUT2D eigenvalue weighted by Crippen LogP contribution is 2.32. The van der Waals surface area contributed by atoms with Crippen molar-refractivity contribution in [3.63, 3.8) is 0 Å². The molecule has 4 aromatic rings. The van der Waals surface area contributed by atoms with Crippen LogP contribution in [-0.2, 0) is 21.5 Å². The molecule has 0 aliphatic carbocycles. The molecule has 0 radical (unpaired) electrons. The van der Waals surface area contributed by atoms with Gasteiger partial charge in [0.15, 0.2) is 0 Å². The predicted molar refractivity (Wildman–Crippen MR) is 169 cm³/mol. The molecule has 248 valence electrons. The number of hydrogen-bond donors (Lipinski definition) is 6. The molecule has 0 aliphatic rings. The van der Waals surface area contributed by atoms with Gasteiger partial charge in [0.25, 0.3) is 0 Å². The number of nitrogens with one attached hydrogen (secondary N) is 4. The number of anilines is 5. The quantitative estimate of drug-likeness (QED) is 0.0796. The number of ether oxygens (including phenoxy) is 1. The lowest BCUT2D eigenvalue weighted by Gasteiger charge is -2.17. The van der Waals surface area contributed by atoms with Crippen molar-refractivity contribution in [3.05, 3.63) is 84.3 Å². The zero-order valence-corrected chi connectivity index (χ0v) is 25.7. The summed E-state index contributed by atoms with van der Waals surface area (Å²) in [6.45, 7) is 3.26. The van der Waals surface area contributed by atoms with E-state index in [4.69, 9.17) is 0 Å². The molecule has 0 saturated heterocycles. The second kappa shape index (κ2) is 15.3. The zero-order valence-electron chi connectivity index (χ0n) is 24.8. The molecule has 2 unspecified atom stereocenters. The minimum atomic E-state index is -4.71. The van der Waals surface area contributed by atoms with Crippen LogP contribution < -0.4 is 21.3 Å². The highest BCUT2D eigenvalue weighted by atomic mass is 32.2. The number of benzene rings is 3. The Balaban J connectivity index is 1.49. The van der Waals surface area contributed by atoms with Gasteiger partial charge in [0.05, 0.1) is 35.1 Å². The van der Waals surface area contributed by atoms with Crippen molar-refractivity contribution in [1.82, 2.24) is 9.97 Å². The SMILES string of the molecule is CCOC(=O)N=[SH](=O)c1ccc(Nc2ncc(-c3ccc(NC(=O)Nc4cc(C(F)(F)F)ccc4F)cc3)c(NC(C)CO)n2)cc1. The Morgan fingerprint density at radius 2 is 1.70 bits per heavy atom. The van der Waals surface area contributed by atoms with Crippen molar-refractivity contribution in [2.24, 2.45) is 4.36 Å². The van der Waals surface area contributed by atoms with Gasteiger partial charge in [-0.3, -0.25) is 0 Å². The Kier molecular flexibility index (Phi) is 11.3. The first-order valence-corrected chi connectivity index (χ1v) is 15.1. The third kappa shape index (κ3) is 9.60. The van der Waals surface area contributed by atoms with Crippen LogP contribution in [0.5, 0.6) is 0 Å². The van der Waals surface area contributed by atoms with Crippen LogP contribution in [0.3, 0.4) is 0 Å². The third-order valence-electron chi connectivity index (χ3n) is 6.23. The van der Waals surface area contributed by atoms with E-state index in [-0.39, 0.29) is 24.8 Å². The van der Waals surface area contributed by atoms with Crippen molar-refractivity contribution in [3.8, 4) is 11.1 Å². The molecule has 17 heteroatoms. The monoisotopic (exact) mass is 675 g/mol. The van der Waals surface area contributed by atoms with Crippen LogP contribution in [0.4, 0.5) is 56.0 Å². The number of aliphatic hydroxyl groups excluding tert-OH is 1. The second-order valence-corrected chi connectivity index (χ2v) is 11.0. The van der Waals surface area contributed by atoms with Crippen LogP contribution in [0.15, 0.2) is 82.2 Å². The van der Waals surface area contributed by atoms with Crippen molar-refractivity contribution in [2.75, 3.05) is 34.5 Å². The summed E-state index contributed by atoms with van der Waals surface area (Å²) in [7, 11) is -2.34. The van der Waals surface area contributed by atoms with E-state index in [0.29, 0.717) is 45.7 Å². The maximum atomic E-state index is 14.0. The Hall–Kier alpha value is -5.29. The molecule has 1 aromatic heterocycles. The summed E-state index contributed by atoms with van der Waals surface area (Å²) in [5.41, 5.74) is 0.196. The van der Waals surface area contributed by atoms with E-state index < -0.39 is 52.0 Å². The Labute approximate surface area is 267 Å². The predicted octanol–water partition coefficient (Wildman–Crippen LogP) is 6.66. The van der Waals surface area contributed by atoms with Crippen LogP contribution >= 0.6 is 0 Å². The molecule has 47 heavy (non-hydrogen) atoms. The first-order valence-electron chi connectivity index (χ1n) is 13.9. The van der Waals surface area contributed by atoms with E-state index in [0.717, 1.165) is 0 Å².